The Kier molecular flexibility index (Phi) is 50.4. The number of ketones is 4. The molecule has 6 aromatic rings. The van der Waals surface area contributed by atoms with Crippen LogP contribution in [-0.4, -0.2) is 129 Å². The van der Waals surface area contributed by atoms with Crippen molar-refractivity contribution in [1.29, 1.82) is 0 Å². The van der Waals surface area contributed by atoms with E-state index in [1.807, 2.05) is 95.0 Å². The molecule has 0 aromatic heterocycles. The van der Waals surface area contributed by atoms with Crippen LogP contribution in [0.4, 0.5) is 0 Å². The molecule has 0 radical (unpaired) electrons. The van der Waals surface area contributed by atoms with Gasteiger partial charge in [-0.2, -0.15) is 9.59 Å². The van der Waals surface area contributed by atoms with Crippen LogP contribution in [0.1, 0.15) is 217 Å². The van der Waals surface area contributed by atoms with Crippen LogP contribution in [-0.2, 0) is 96.0 Å². The van der Waals surface area contributed by atoms with Gasteiger partial charge in [0.05, 0.1) is 31.5 Å². The van der Waals surface area contributed by atoms with Crippen molar-refractivity contribution >= 4 is 137 Å². The van der Waals surface area contributed by atoms with E-state index in [4.69, 9.17) is 22.4 Å². The third-order valence-electron chi connectivity index (χ3n) is 21.4. The largest absolute Gasteiger partial charge is 1.00 e. The molecule has 0 saturated carbocycles. The van der Waals surface area contributed by atoms with Crippen LogP contribution in [0.15, 0.2) is 182 Å². The molecule has 4 unspecified atom stereocenters. The van der Waals surface area contributed by atoms with Gasteiger partial charge in [-0.15, -0.1) is 52.8 Å². The number of ether oxygens (including phenoxy) is 2. The van der Waals surface area contributed by atoms with Gasteiger partial charge in [0.2, 0.25) is 0 Å². The molecule has 0 spiro atoms. The molecular formula is C101H133NaO19PbS4. The maximum absolute atomic E-state index is 13.4. The van der Waals surface area contributed by atoms with Crippen LogP contribution >= 0.6 is 47.0 Å². The Morgan fingerprint density at radius 2 is 0.833 bits per heavy atom. The van der Waals surface area contributed by atoms with Gasteiger partial charge in [-0.25, -0.2) is 0 Å². The van der Waals surface area contributed by atoms with E-state index in [0.29, 0.717) is 59.4 Å². The predicted molar refractivity (Wildman–Crippen MR) is 503 cm³/mol. The normalized spacial score (nSPS) is 15.6. The number of carbonyl (C=O) groups excluding carboxylic acids is 11. The number of aryl methyl sites for hydroxylation is 10. The zero-order chi connectivity index (χ0) is 94.5. The molecule has 2 N–H and O–H groups in total. The predicted octanol–water partition coefficient (Wildman–Crippen LogP) is 18.0. The van der Waals surface area contributed by atoms with Gasteiger partial charge in [-0.3, -0.25) is 28.8 Å². The topological polar surface area (TPSA) is 297 Å². The minimum Gasteiger partial charge on any atom is -0.875 e. The number of thioether (sulfide) groups is 4. The summed E-state index contributed by atoms with van der Waals surface area (Å²) in [6.07, 6.45) is 12.2. The number of hydrogen-bond acceptors (Lipinski definition) is 23. The standard InChI is InChI=1S/C28H36O2S.C19H24O4S.C17H22O2S.C15H20OS.C11H15.C4H8O2.3C2H4O2.CO2.Na.Pb/c1-7-20-13-19(4)14-21(8-2)26(20)27-24(29)15-22(16-25(27)30)28(5,6)17-31-23-11-9-18(3)10-12-23;1-12-5-7-14(8-6-12)24-11-19(2,3)15-9-13(20)10-16(21)17(15)18(22)23-4;1-12-4-6-16(7-5-12)20-11-17(2,3)13-8-14(18)10-15(19)9-13;1-12-5-7-14(8-6-12)17-11-15(3,4)10-9-13(2)16;1-4-10-6-9(3)7-11(5-2)8-10;1-3-4(5)6-2;3*1-2(3)4;2-1-3;;/h9-14,22,29H,7-8,15-17H2,1-6H3;5-8,10,15,17,21H,9,11H2,1-4H3;4-7,10,13,18H,8-9,11H2,1-3H3;5-10H,11H2,1-4H3;6-7H,4-5H2,1-3H3;3H2,1-2H3;3*1H3,(H,3,4);;;/q;;;;;;;;;;+1;+3/p-4/b;;;10-9+;;;;;;;;. The maximum atomic E-state index is 13.4. The summed E-state index contributed by atoms with van der Waals surface area (Å²) < 4.78 is 26.1. The van der Waals surface area contributed by atoms with Crippen molar-refractivity contribution in [2.45, 2.75) is 243 Å². The molecule has 0 heterocycles. The van der Waals surface area contributed by atoms with Gasteiger partial charge in [0.1, 0.15) is 5.76 Å². The quantitative estimate of drug-likeness (QED) is 0.0200. The van der Waals surface area contributed by atoms with Crippen LogP contribution < -0.4 is 37.8 Å². The van der Waals surface area contributed by atoms with Crippen molar-refractivity contribution in [3.05, 3.63) is 224 Å². The number of hydrogen-bond donors (Lipinski definition) is 2. The molecule has 0 saturated heterocycles. The summed E-state index contributed by atoms with van der Waals surface area (Å²) in [6.45, 7) is 44.6. The zero-order valence-electron chi connectivity index (χ0n) is 79.0. The summed E-state index contributed by atoms with van der Waals surface area (Å²) >= 11 is 1.97. The minimum absolute atomic E-state index is 0. The first-order chi connectivity index (χ1) is 58.5. The van der Waals surface area contributed by atoms with E-state index in [-0.39, 0.29) is 122 Å². The number of Topliss-reactive ketones (excluding diaryl/α,β-unsaturated/α-hetero) is 1. The SMILES string of the molecule is CC(=O)/C=C/C(C)(C)CSc1ccc(C)cc1.CCC(=O)OC.CCc1cc(C)cc(CC)[c]1[Pb]([O]C(C)=O)([O]C(C)=O)[O]C(C)=O.CCc1cc(C)cc(CC)c1C1=C(O)CC(C(C)(C)CSc2ccc(C)cc2)CC1=O.COC(=O)C1C([O-])=CC(=O)CC1C(C)(C)CSc1ccc(C)cc1.Cc1ccc(SCC(C)(C)C2CC(=O)C=C(O)C2)cc1.O=C=O.[Na+]. The average molecular weight is 2010 g/mol. The van der Waals surface area contributed by atoms with E-state index in [9.17, 15) is 58.5 Å². The Balaban J connectivity index is 0.000000525. The van der Waals surface area contributed by atoms with Crippen LogP contribution in [0.25, 0.3) is 5.57 Å². The zero-order valence-corrected chi connectivity index (χ0v) is 88.2. The fraction of sp³-hybridized carbons (Fsp3) is 0.465. The van der Waals surface area contributed by atoms with Gasteiger partial charge in [0.25, 0.3) is 0 Å². The first-order valence-corrected chi connectivity index (χ1v) is 52.9. The Morgan fingerprint density at radius 3 is 1.15 bits per heavy atom. The van der Waals surface area contributed by atoms with Gasteiger partial charge in [-0.1, -0.05) is 171 Å². The van der Waals surface area contributed by atoms with Crippen molar-refractivity contribution in [1.82, 2.24) is 0 Å². The Bertz CT molecular complexity index is 4690. The Labute approximate surface area is 795 Å². The molecule has 0 fully saturated rings. The summed E-state index contributed by atoms with van der Waals surface area (Å²) in [6, 6.07) is 42.1. The number of allylic oxidation sites excluding steroid dienone is 7. The van der Waals surface area contributed by atoms with Gasteiger partial charge < -0.3 is 24.8 Å². The molecule has 0 aliphatic heterocycles. The van der Waals surface area contributed by atoms with Crippen molar-refractivity contribution in [2.75, 3.05) is 37.2 Å². The first kappa shape index (κ1) is 114. The van der Waals surface area contributed by atoms with Crippen molar-refractivity contribution < 1.29 is 115 Å². The van der Waals surface area contributed by atoms with Gasteiger partial charge in [-0.05, 0) is 171 Å². The van der Waals surface area contributed by atoms with E-state index in [0.717, 1.165) is 63.3 Å². The van der Waals surface area contributed by atoms with Crippen LogP contribution in [0.3, 0.4) is 0 Å². The molecule has 3 aliphatic rings. The Hall–Kier alpha value is -7.59. The third kappa shape index (κ3) is 39.0. The smallest absolute Gasteiger partial charge is 0.875 e. The van der Waals surface area contributed by atoms with Crippen LogP contribution in [0.5, 0.6) is 0 Å². The number of benzene rings is 6. The average Bonchev–Trinajstić information content (AvgIpc) is 0.760. The molecule has 9 rings (SSSR count). The number of esters is 2. The van der Waals surface area contributed by atoms with Crippen molar-refractivity contribution in [3.63, 3.8) is 0 Å². The van der Waals surface area contributed by atoms with Crippen molar-refractivity contribution in [2.24, 2.45) is 45.3 Å². The molecule has 25 heteroatoms. The fourth-order valence-electron chi connectivity index (χ4n) is 14.1. The molecule has 0 amide bonds. The third-order valence-corrected chi connectivity index (χ3v) is 38.7. The summed E-state index contributed by atoms with van der Waals surface area (Å²) in [5.74, 6) is 0.166. The summed E-state index contributed by atoms with van der Waals surface area (Å²) in [4.78, 5) is 126. The van der Waals surface area contributed by atoms with E-state index < -0.39 is 58.1 Å². The molecule has 0 bridgehead atoms. The second-order valence-electron chi connectivity index (χ2n) is 34.4. The summed E-state index contributed by atoms with van der Waals surface area (Å²) in [5, 5.41) is 33.0. The van der Waals surface area contributed by atoms with Gasteiger partial charge in [0, 0.05) is 87.2 Å². The Morgan fingerprint density at radius 1 is 0.484 bits per heavy atom. The number of aliphatic hydroxyl groups excluding tert-OH is 2. The summed E-state index contributed by atoms with van der Waals surface area (Å²) in [5.41, 5.74) is 12.6. The second kappa shape index (κ2) is 55.4. The van der Waals surface area contributed by atoms with Crippen LogP contribution in [0.2, 0.25) is 0 Å². The number of methoxy groups -OCH3 is 2. The monoisotopic (exact) mass is 2010 g/mol. The number of rotatable bonds is 28. The molecule has 4 atom stereocenters. The fourth-order valence-corrected chi connectivity index (χ4v) is 29.5. The summed E-state index contributed by atoms with van der Waals surface area (Å²) in [7, 11) is 2.66. The first-order valence-electron chi connectivity index (χ1n) is 42.3. The van der Waals surface area contributed by atoms with E-state index in [1.54, 1.807) is 31.7 Å². The molecule has 3 aliphatic carbocycles. The maximum Gasteiger partial charge on any atom is 1.00 e. The van der Waals surface area contributed by atoms with E-state index >= 15 is 0 Å². The minimum atomic E-state index is -5.17. The van der Waals surface area contributed by atoms with Gasteiger partial charge in [0.15, 0.2) is 23.1 Å². The number of carbonyl (C=O) groups is 9. The second-order valence-corrected chi connectivity index (χ2v) is 47.2. The number of aliphatic hydroxyl groups is 2. The van der Waals surface area contributed by atoms with Crippen molar-refractivity contribution in [3.8, 4) is 0 Å². The molecule has 19 nitrogen and oxygen atoms in total. The van der Waals surface area contributed by atoms with E-state index in [1.165, 1.54) is 94.7 Å². The molecule has 126 heavy (non-hydrogen) atoms. The van der Waals surface area contributed by atoms with E-state index in [2.05, 4.69) is 197 Å². The molecule has 680 valence electrons. The van der Waals surface area contributed by atoms with Crippen LogP contribution in [0, 0.1) is 86.9 Å². The molecule has 6 aromatic carbocycles. The molecular weight excluding hydrogens is 1880 g/mol. The van der Waals surface area contributed by atoms with Gasteiger partial charge >= 0.3 is 197 Å².